The zero-order valence-electron chi connectivity index (χ0n) is 11.2. The number of aliphatic hydroxyl groups excluding tert-OH is 1. The summed E-state index contributed by atoms with van der Waals surface area (Å²) in [5, 5.41) is 11.5. The number of amides is 4. The first-order valence-electron chi connectivity index (χ1n) is 6.44. The molecule has 0 aromatic rings. The van der Waals surface area contributed by atoms with Crippen molar-refractivity contribution in [3.8, 4) is 0 Å². The fourth-order valence-electron chi connectivity index (χ4n) is 2.25. The molecule has 2 rings (SSSR count). The Morgan fingerprint density at radius 2 is 2.11 bits per heavy atom. The molecular weight excluding hydrogens is 250 g/mol. The lowest BCUT2D eigenvalue weighted by Crippen LogP contribution is -2.54. The second-order valence-electron chi connectivity index (χ2n) is 5.35. The first-order valence-corrected chi connectivity index (χ1v) is 6.44. The first kappa shape index (κ1) is 13.8. The van der Waals surface area contributed by atoms with Crippen molar-refractivity contribution in [3.63, 3.8) is 0 Å². The number of likely N-dealkylation sites (tertiary alicyclic amines) is 1. The third-order valence-corrected chi connectivity index (χ3v) is 3.91. The van der Waals surface area contributed by atoms with Crippen molar-refractivity contribution in [2.75, 3.05) is 26.2 Å². The number of carbonyl (C=O) groups excluding carboxylic acids is 3. The Balaban J connectivity index is 1.95. The van der Waals surface area contributed by atoms with E-state index in [1.807, 2.05) is 6.92 Å². The number of aliphatic hydroxyl groups is 1. The number of urea groups is 1. The molecule has 2 fully saturated rings. The molecule has 2 saturated heterocycles. The van der Waals surface area contributed by atoms with E-state index in [4.69, 9.17) is 5.11 Å². The van der Waals surface area contributed by atoms with Crippen LogP contribution in [0, 0.1) is 5.92 Å². The molecule has 19 heavy (non-hydrogen) atoms. The predicted octanol–water partition coefficient (Wildman–Crippen LogP) is -0.842. The van der Waals surface area contributed by atoms with Crippen LogP contribution >= 0.6 is 0 Å². The van der Waals surface area contributed by atoms with Gasteiger partial charge in [0.15, 0.2) is 0 Å². The van der Waals surface area contributed by atoms with Gasteiger partial charge in [-0.1, -0.05) is 6.92 Å². The van der Waals surface area contributed by atoms with Crippen LogP contribution in [0.5, 0.6) is 0 Å². The molecule has 0 saturated carbocycles. The van der Waals surface area contributed by atoms with Gasteiger partial charge in [0.05, 0.1) is 0 Å². The number of nitrogens with one attached hydrogen (secondary N) is 1. The third-order valence-electron chi connectivity index (χ3n) is 3.91. The highest BCUT2D eigenvalue weighted by Gasteiger charge is 2.47. The van der Waals surface area contributed by atoms with Gasteiger partial charge < -0.3 is 15.3 Å². The zero-order chi connectivity index (χ0) is 14.2. The fraction of sp³-hybridized carbons (Fsp3) is 0.750. The standard InChI is InChI=1S/C12H19N3O4/c1-3-12(2)10(18)15(11(19)13-12)6-9(17)14-4-8(5-14)7-16/h8,16H,3-7H2,1-2H3,(H,13,19). The van der Waals surface area contributed by atoms with Crippen molar-refractivity contribution in [2.45, 2.75) is 25.8 Å². The van der Waals surface area contributed by atoms with Crippen LogP contribution in [0.1, 0.15) is 20.3 Å². The molecule has 0 aromatic carbocycles. The van der Waals surface area contributed by atoms with Crippen molar-refractivity contribution in [1.82, 2.24) is 15.1 Å². The Bertz CT molecular complexity index is 419. The molecule has 106 valence electrons. The van der Waals surface area contributed by atoms with Gasteiger partial charge in [-0.25, -0.2) is 4.79 Å². The van der Waals surface area contributed by atoms with E-state index in [-0.39, 0.29) is 30.9 Å². The maximum Gasteiger partial charge on any atom is 0.325 e. The fourth-order valence-corrected chi connectivity index (χ4v) is 2.25. The quantitative estimate of drug-likeness (QED) is 0.651. The largest absolute Gasteiger partial charge is 0.396 e. The molecule has 7 nitrogen and oxygen atoms in total. The maximum atomic E-state index is 12.1. The minimum absolute atomic E-state index is 0.0564. The number of imide groups is 1. The molecule has 0 aromatic heterocycles. The van der Waals surface area contributed by atoms with Crippen molar-refractivity contribution in [3.05, 3.63) is 0 Å². The Morgan fingerprint density at radius 3 is 2.58 bits per heavy atom. The summed E-state index contributed by atoms with van der Waals surface area (Å²) in [4.78, 5) is 38.2. The van der Waals surface area contributed by atoms with Crippen LogP contribution in [-0.2, 0) is 9.59 Å². The van der Waals surface area contributed by atoms with Crippen LogP contribution in [-0.4, -0.2) is 64.5 Å². The monoisotopic (exact) mass is 269 g/mol. The van der Waals surface area contributed by atoms with Gasteiger partial charge in [-0.2, -0.15) is 0 Å². The van der Waals surface area contributed by atoms with Crippen molar-refractivity contribution in [2.24, 2.45) is 5.92 Å². The average molecular weight is 269 g/mol. The lowest BCUT2D eigenvalue weighted by molar-refractivity contribution is -0.143. The van der Waals surface area contributed by atoms with E-state index in [9.17, 15) is 14.4 Å². The summed E-state index contributed by atoms with van der Waals surface area (Å²) in [6.45, 7) is 4.28. The molecule has 1 unspecified atom stereocenters. The molecule has 0 bridgehead atoms. The number of rotatable bonds is 4. The average Bonchev–Trinajstić information content (AvgIpc) is 2.52. The predicted molar refractivity (Wildman–Crippen MR) is 66.1 cm³/mol. The van der Waals surface area contributed by atoms with E-state index in [0.717, 1.165) is 4.90 Å². The van der Waals surface area contributed by atoms with Gasteiger partial charge in [-0.3, -0.25) is 14.5 Å². The Hall–Kier alpha value is -1.63. The second-order valence-corrected chi connectivity index (χ2v) is 5.35. The number of nitrogens with zero attached hydrogens (tertiary/aromatic N) is 2. The van der Waals surface area contributed by atoms with E-state index in [2.05, 4.69) is 5.32 Å². The SMILES string of the molecule is CCC1(C)NC(=O)N(CC(=O)N2CC(CO)C2)C1=O. The summed E-state index contributed by atoms with van der Waals surface area (Å²) in [5.74, 6) is -0.492. The van der Waals surface area contributed by atoms with Gasteiger partial charge in [0.25, 0.3) is 5.91 Å². The molecule has 0 aliphatic carbocycles. The second kappa shape index (κ2) is 4.80. The van der Waals surface area contributed by atoms with Crippen LogP contribution in [0.2, 0.25) is 0 Å². The van der Waals surface area contributed by atoms with E-state index < -0.39 is 11.6 Å². The molecule has 7 heteroatoms. The van der Waals surface area contributed by atoms with Gasteiger partial charge in [-0.15, -0.1) is 0 Å². The van der Waals surface area contributed by atoms with E-state index in [1.165, 1.54) is 0 Å². The molecule has 2 aliphatic rings. The van der Waals surface area contributed by atoms with E-state index in [1.54, 1.807) is 11.8 Å². The number of carbonyl (C=O) groups is 3. The van der Waals surface area contributed by atoms with E-state index >= 15 is 0 Å². The van der Waals surface area contributed by atoms with Crippen molar-refractivity contribution in [1.29, 1.82) is 0 Å². The molecule has 0 spiro atoms. The highest BCUT2D eigenvalue weighted by molar-refractivity contribution is 6.08. The van der Waals surface area contributed by atoms with Gasteiger partial charge in [0.1, 0.15) is 12.1 Å². The Morgan fingerprint density at radius 1 is 1.47 bits per heavy atom. The first-order chi connectivity index (χ1) is 8.91. The summed E-state index contributed by atoms with van der Waals surface area (Å²) in [6.07, 6.45) is 0.485. The molecule has 2 aliphatic heterocycles. The normalized spacial score (nSPS) is 27.5. The lowest BCUT2D eigenvalue weighted by Gasteiger charge is -2.38. The van der Waals surface area contributed by atoms with E-state index in [0.29, 0.717) is 19.5 Å². The summed E-state index contributed by atoms with van der Waals surface area (Å²) in [7, 11) is 0. The summed E-state index contributed by atoms with van der Waals surface area (Å²) < 4.78 is 0. The van der Waals surface area contributed by atoms with Gasteiger partial charge in [-0.05, 0) is 13.3 Å². The van der Waals surface area contributed by atoms with Crippen molar-refractivity contribution < 1.29 is 19.5 Å². The molecule has 1 atom stereocenters. The third kappa shape index (κ3) is 2.30. The van der Waals surface area contributed by atoms with Crippen LogP contribution < -0.4 is 5.32 Å². The van der Waals surface area contributed by atoms with Gasteiger partial charge in [0.2, 0.25) is 5.91 Å². The number of hydrogen-bond acceptors (Lipinski definition) is 4. The molecule has 4 amide bonds. The van der Waals surface area contributed by atoms with Gasteiger partial charge in [0, 0.05) is 25.6 Å². The highest BCUT2D eigenvalue weighted by atomic mass is 16.3. The Labute approximate surface area is 111 Å². The minimum Gasteiger partial charge on any atom is -0.396 e. The molecule has 2 heterocycles. The van der Waals surface area contributed by atoms with Crippen LogP contribution in [0.15, 0.2) is 0 Å². The molecular formula is C12H19N3O4. The number of hydrogen-bond donors (Lipinski definition) is 2. The summed E-state index contributed by atoms with van der Waals surface area (Å²) in [5.41, 5.74) is -0.903. The summed E-state index contributed by atoms with van der Waals surface area (Å²) >= 11 is 0. The summed E-state index contributed by atoms with van der Waals surface area (Å²) in [6, 6.07) is -0.512. The molecule has 2 N–H and O–H groups in total. The molecule has 0 radical (unpaired) electrons. The topological polar surface area (TPSA) is 90.0 Å². The van der Waals surface area contributed by atoms with Crippen molar-refractivity contribution >= 4 is 17.8 Å². The van der Waals surface area contributed by atoms with Crippen LogP contribution in [0.25, 0.3) is 0 Å². The lowest BCUT2D eigenvalue weighted by atomic mass is 9.99. The zero-order valence-corrected chi connectivity index (χ0v) is 11.2. The maximum absolute atomic E-state index is 12.1. The van der Waals surface area contributed by atoms with Gasteiger partial charge >= 0.3 is 6.03 Å². The van der Waals surface area contributed by atoms with Crippen LogP contribution in [0.4, 0.5) is 4.79 Å². The minimum atomic E-state index is -0.903. The van der Waals surface area contributed by atoms with Crippen LogP contribution in [0.3, 0.4) is 0 Å². The smallest absolute Gasteiger partial charge is 0.325 e. The highest BCUT2D eigenvalue weighted by Crippen LogP contribution is 2.22. The Kier molecular flexibility index (Phi) is 3.49.